The summed E-state index contributed by atoms with van der Waals surface area (Å²) in [5, 5.41) is 2.81. The van der Waals surface area contributed by atoms with Crippen molar-refractivity contribution in [2.75, 3.05) is 34.3 Å². The number of hydrogen-bond acceptors (Lipinski definition) is 10. The van der Waals surface area contributed by atoms with E-state index in [1.807, 2.05) is 33.2 Å². The van der Waals surface area contributed by atoms with E-state index in [0.29, 0.717) is 41.5 Å². The number of ether oxygens (including phenoxy) is 2. The number of hydrogen-bond donors (Lipinski definition) is 2. The van der Waals surface area contributed by atoms with Gasteiger partial charge in [0.25, 0.3) is 5.91 Å². The largest absolute Gasteiger partial charge is 0.496 e. The van der Waals surface area contributed by atoms with Gasteiger partial charge in [0, 0.05) is 23.5 Å². The van der Waals surface area contributed by atoms with Gasteiger partial charge in [0.2, 0.25) is 28.2 Å². The van der Waals surface area contributed by atoms with Crippen molar-refractivity contribution in [3.63, 3.8) is 0 Å². The number of fused-ring (bicyclic) bond motifs is 1. The molecule has 52 heavy (non-hydrogen) atoms. The van der Waals surface area contributed by atoms with E-state index in [9.17, 15) is 27.2 Å². The molecule has 15 heteroatoms. The number of amides is 3. The number of sulfonamides is 1. The van der Waals surface area contributed by atoms with Crippen molar-refractivity contribution in [1.82, 2.24) is 29.8 Å². The summed E-state index contributed by atoms with van der Waals surface area (Å²) in [5.41, 5.74) is 0.392. The second-order valence-corrected chi connectivity index (χ2v) is 16.1. The Hall–Kier alpha value is -4.63. The average Bonchev–Trinajstić information content (AvgIpc) is 4.04. The molecule has 2 heterocycles. The molecule has 3 fully saturated rings. The van der Waals surface area contributed by atoms with Gasteiger partial charge in [0.05, 0.1) is 29.8 Å². The topological polar surface area (TPSA) is 160 Å². The molecular weight excluding hydrogens is 692 g/mol. The van der Waals surface area contributed by atoms with Crippen molar-refractivity contribution in [2.24, 2.45) is 5.92 Å². The van der Waals surface area contributed by atoms with E-state index in [1.54, 1.807) is 31.4 Å². The van der Waals surface area contributed by atoms with Crippen molar-refractivity contribution in [2.45, 2.75) is 74.8 Å². The fourth-order valence-electron chi connectivity index (χ4n) is 6.68. The maximum Gasteiger partial charge on any atom is 0.259 e. The van der Waals surface area contributed by atoms with Gasteiger partial charge in [-0.1, -0.05) is 12.2 Å². The fourth-order valence-corrected chi connectivity index (χ4v) is 8.04. The third-order valence-corrected chi connectivity index (χ3v) is 11.8. The van der Waals surface area contributed by atoms with Gasteiger partial charge in [-0.2, -0.15) is 4.98 Å². The van der Waals surface area contributed by atoms with Crippen LogP contribution >= 0.6 is 0 Å². The summed E-state index contributed by atoms with van der Waals surface area (Å²) in [6.07, 6.45) is 7.74. The van der Waals surface area contributed by atoms with Gasteiger partial charge in [-0.05, 0) is 102 Å². The van der Waals surface area contributed by atoms with E-state index < -0.39 is 56.5 Å². The summed E-state index contributed by atoms with van der Waals surface area (Å²) >= 11 is 0. The number of carbonyl (C=O) groups is 3. The molecule has 1 aromatic heterocycles. The normalized spacial score (nSPS) is 22.9. The van der Waals surface area contributed by atoms with Crippen LogP contribution in [0.5, 0.6) is 11.6 Å². The first-order valence-electron chi connectivity index (χ1n) is 17.5. The van der Waals surface area contributed by atoms with Gasteiger partial charge in [0.1, 0.15) is 29.3 Å². The van der Waals surface area contributed by atoms with Crippen LogP contribution in [0.1, 0.15) is 50.5 Å². The second-order valence-electron chi connectivity index (χ2n) is 14.1. The first-order valence-corrected chi connectivity index (χ1v) is 19.1. The Balaban J connectivity index is 1.21. The van der Waals surface area contributed by atoms with Gasteiger partial charge in [-0.15, -0.1) is 0 Å². The van der Waals surface area contributed by atoms with Crippen molar-refractivity contribution in [3.05, 3.63) is 59.9 Å². The molecule has 2 N–H and O–H groups in total. The fraction of sp³-hybridized carbons (Fsp3) is 0.486. The molecule has 1 unspecified atom stereocenters. The van der Waals surface area contributed by atoms with Crippen LogP contribution in [-0.2, 0) is 24.4 Å². The lowest BCUT2D eigenvalue weighted by Crippen LogP contribution is -2.56. The molecule has 0 bridgehead atoms. The molecule has 3 amide bonds. The minimum atomic E-state index is -3.86. The SMILES string of the molecule is COc1ccc2c(O[C@@H]3C[C@@H](C(=O)NC4(C(=O)NS(=O)(=O)C5CC5)C[C@H]4/C=C\CCCCN(C)C)N(C=O)C3)nc(-c3ccc(F)cc3)nc2c1C. The van der Waals surface area contributed by atoms with Crippen molar-refractivity contribution >= 4 is 39.2 Å². The number of rotatable bonds is 16. The molecule has 3 aromatic rings. The molecule has 0 radical (unpaired) electrons. The number of halogens is 1. The van der Waals surface area contributed by atoms with Gasteiger partial charge in [0.15, 0.2) is 5.82 Å². The van der Waals surface area contributed by atoms with Crippen molar-refractivity contribution in [3.8, 4) is 23.0 Å². The molecule has 1 aliphatic heterocycles. The number of likely N-dealkylation sites (tertiary alicyclic amines) is 1. The summed E-state index contributed by atoms with van der Waals surface area (Å²) in [4.78, 5) is 52.6. The number of nitrogens with one attached hydrogen (secondary N) is 2. The summed E-state index contributed by atoms with van der Waals surface area (Å²) in [6, 6.07) is 8.29. The number of nitrogens with zero attached hydrogens (tertiary/aromatic N) is 4. The van der Waals surface area contributed by atoms with Crippen LogP contribution in [0.25, 0.3) is 22.3 Å². The second kappa shape index (κ2) is 15.2. The minimum absolute atomic E-state index is 0.0552. The average molecular weight is 737 g/mol. The maximum absolute atomic E-state index is 13.9. The van der Waals surface area contributed by atoms with Crippen molar-refractivity contribution < 1.29 is 36.7 Å². The molecule has 3 aliphatic rings. The quantitative estimate of drug-likeness (QED) is 0.127. The molecular formula is C37H45FN6O7S. The first kappa shape index (κ1) is 37.1. The third-order valence-electron chi connectivity index (χ3n) is 9.94. The van der Waals surface area contributed by atoms with E-state index in [2.05, 4.69) is 19.9 Å². The van der Waals surface area contributed by atoms with Crippen molar-refractivity contribution in [1.29, 1.82) is 0 Å². The summed E-state index contributed by atoms with van der Waals surface area (Å²) in [7, 11) is 1.72. The molecule has 2 aromatic carbocycles. The highest BCUT2D eigenvalue weighted by Crippen LogP contribution is 2.46. The zero-order valence-corrected chi connectivity index (χ0v) is 30.6. The first-order chi connectivity index (χ1) is 24.8. The summed E-state index contributed by atoms with van der Waals surface area (Å²) < 4.78 is 53.3. The zero-order valence-electron chi connectivity index (χ0n) is 29.8. The molecule has 4 atom stereocenters. The number of unbranched alkanes of at least 4 members (excludes halogenated alkanes) is 2. The Kier molecular flexibility index (Phi) is 10.8. The van der Waals surface area contributed by atoms with Crippen LogP contribution in [0.2, 0.25) is 0 Å². The minimum Gasteiger partial charge on any atom is -0.496 e. The van der Waals surface area contributed by atoms with Gasteiger partial charge < -0.3 is 24.6 Å². The standard InChI is InChI=1S/C37H45FN6O7S/c1-23-31(50-4)17-16-29-32(23)39-33(24-10-12-26(38)13-11-24)40-35(29)51-27-19-30(44(21-27)22-45)34(46)41-37(36(47)42-52(48,49)28-14-15-28)20-25(37)9-7-5-6-8-18-43(2)3/h7,9-13,16-17,22,25,27-28,30H,5-6,8,14-15,18-21H2,1-4H3,(H,41,46)(H,42,47)/b9-7-/t25-,27-,30+,37?/m1/s1. The highest BCUT2D eigenvalue weighted by molar-refractivity contribution is 7.91. The Morgan fingerprint density at radius 3 is 2.54 bits per heavy atom. The van der Waals surface area contributed by atoms with Gasteiger partial charge in [-0.3, -0.25) is 19.1 Å². The third kappa shape index (κ3) is 8.04. The number of aryl methyl sites for hydroxylation is 1. The van der Waals surface area contributed by atoms with Crippen LogP contribution in [0.4, 0.5) is 4.39 Å². The summed E-state index contributed by atoms with van der Waals surface area (Å²) in [6.45, 7) is 2.86. The number of aromatic nitrogens is 2. The summed E-state index contributed by atoms with van der Waals surface area (Å²) in [5.74, 6) is -1.06. The Morgan fingerprint density at radius 1 is 1.12 bits per heavy atom. The maximum atomic E-state index is 13.9. The van der Waals surface area contributed by atoms with Gasteiger partial charge in [-0.25, -0.2) is 17.8 Å². The van der Waals surface area contributed by atoms with E-state index in [-0.39, 0.29) is 31.1 Å². The van der Waals surface area contributed by atoms with E-state index in [4.69, 9.17) is 14.5 Å². The number of carbonyl (C=O) groups excluding carboxylic acids is 3. The molecule has 6 rings (SSSR count). The van der Waals surface area contributed by atoms with E-state index >= 15 is 0 Å². The zero-order chi connectivity index (χ0) is 37.2. The predicted octanol–water partition coefficient (Wildman–Crippen LogP) is 3.50. The van der Waals surface area contributed by atoms with E-state index in [0.717, 1.165) is 31.4 Å². The lowest BCUT2D eigenvalue weighted by atomic mass is 10.1. The number of benzene rings is 2. The van der Waals surface area contributed by atoms with E-state index in [1.165, 1.54) is 17.0 Å². The molecule has 2 saturated carbocycles. The number of allylic oxidation sites excluding steroid dienone is 1. The van der Waals surface area contributed by atoms with Crippen LogP contribution < -0.4 is 19.5 Å². The molecule has 13 nitrogen and oxygen atoms in total. The van der Waals surface area contributed by atoms with Crippen LogP contribution in [-0.4, -0.2) is 104 Å². The highest BCUT2D eigenvalue weighted by Gasteiger charge is 2.62. The Labute approximate surface area is 303 Å². The smallest absolute Gasteiger partial charge is 0.259 e. The Bertz CT molecular complexity index is 1970. The lowest BCUT2D eigenvalue weighted by Gasteiger charge is -2.24. The lowest BCUT2D eigenvalue weighted by molar-refractivity contribution is -0.134. The molecule has 2 aliphatic carbocycles. The molecule has 0 spiro atoms. The highest BCUT2D eigenvalue weighted by atomic mass is 32.2. The van der Waals surface area contributed by atoms with Crippen LogP contribution in [0.15, 0.2) is 48.6 Å². The molecule has 1 saturated heterocycles. The Morgan fingerprint density at radius 2 is 1.87 bits per heavy atom. The number of methoxy groups -OCH3 is 1. The monoisotopic (exact) mass is 736 g/mol. The van der Waals surface area contributed by atoms with Crippen LogP contribution in [0, 0.1) is 18.7 Å². The van der Waals surface area contributed by atoms with Crippen LogP contribution in [0.3, 0.4) is 0 Å². The van der Waals surface area contributed by atoms with Gasteiger partial charge >= 0.3 is 0 Å². The predicted molar refractivity (Wildman–Crippen MR) is 192 cm³/mol. The molecule has 278 valence electrons.